The fourth-order valence-corrected chi connectivity index (χ4v) is 2.28. The van der Waals surface area contributed by atoms with E-state index in [1.165, 1.54) is 6.08 Å². The lowest BCUT2D eigenvalue weighted by atomic mass is 10.1. The van der Waals surface area contributed by atoms with E-state index >= 15 is 0 Å². The van der Waals surface area contributed by atoms with Gasteiger partial charge in [0.15, 0.2) is 5.84 Å². The van der Waals surface area contributed by atoms with Crippen LogP contribution in [0.25, 0.3) is 6.08 Å². The molecule has 0 atom stereocenters. The van der Waals surface area contributed by atoms with Crippen LogP contribution in [0.2, 0.25) is 0 Å². The van der Waals surface area contributed by atoms with Crippen LogP contribution in [0.3, 0.4) is 0 Å². The third-order valence-electron chi connectivity index (χ3n) is 3.48. The number of hydrazone groups is 1. The van der Waals surface area contributed by atoms with E-state index in [0.717, 1.165) is 5.01 Å². The number of halogens is 3. The molecule has 132 valence electrons. The molecule has 5 nitrogen and oxygen atoms in total. The minimum absolute atomic E-state index is 0.141. The summed E-state index contributed by atoms with van der Waals surface area (Å²) in [6.07, 6.45) is -3.72. The summed E-state index contributed by atoms with van der Waals surface area (Å²) in [6.45, 7) is 0. The highest BCUT2D eigenvalue weighted by atomic mass is 19.4. The molecule has 2 aromatic rings. The predicted octanol–water partition coefficient (Wildman–Crippen LogP) is 3.11. The van der Waals surface area contributed by atoms with E-state index in [1.54, 1.807) is 66.0 Å². The summed E-state index contributed by atoms with van der Waals surface area (Å²) in [4.78, 5) is 24.0. The van der Waals surface area contributed by atoms with Crippen LogP contribution < -0.4 is 10.3 Å². The molecule has 0 aliphatic carbocycles. The number of anilines is 1. The van der Waals surface area contributed by atoms with Crippen molar-refractivity contribution in [3.05, 3.63) is 71.8 Å². The van der Waals surface area contributed by atoms with Crippen LogP contribution in [-0.2, 0) is 9.59 Å². The van der Waals surface area contributed by atoms with Gasteiger partial charge < -0.3 is 5.32 Å². The van der Waals surface area contributed by atoms with E-state index in [1.807, 2.05) is 0 Å². The Hall–Kier alpha value is -3.42. The van der Waals surface area contributed by atoms with Crippen LogP contribution in [0.5, 0.6) is 0 Å². The van der Waals surface area contributed by atoms with Gasteiger partial charge >= 0.3 is 12.1 Å². The van der Waals surface area contributed by atoms with Gasteiger partial charge in [0.1, 0.15) is 0 Å². The smallest absolute Gasteiger partial charge is 0.301 e. The highest BCUT2D eigenvalue weighted by Crippen LogP contribution is 2.25. The predicted molar refractivity (Wildman–Crippen MR) is 90.0 cm³/mol. The average molecular weight is 359 g/mol. The summed E-state index contributed by atoms with van der Waals surface area (Å²) < 4.78 is 37.8. The zero-order valence-electron chi connectivity index (χ0n) is 13.2. The highest BCUT2D eigenvalue weighted by Gasteiger charge is 2.42. The molecular weight excluding hydrogens is 347 g/mol. The molecule has 1 aliphatic heterocycles. The number of nitrogens with one attached hydrogen (secondary N) is 1. The Bertz CT molecular complexity index is 891. The number of benzene rings is 2. The molecule has 0 saturated carbocycles. The molecule has 26 heavy (non-hydrogen) atoms. The van der Waals surface area contributed by atoms with Crippen LogP contribution in [0.1, 0.15) is 5.56 Å². The van der Waals surface area contributed by atoms with Gasteiger partial charge in [-0.15, -0.1) is 5.10 Å². The normalized spacial score (nSPS) is 16.0. The molecule has 0 fully saturated rings. The van der Waals surface area contributed by atoms with Gasteiger partial charge in [-0.1, -0.05) is 48.5 Å². The summed E-state index contributed by atoms with van der Waals surface area (Å²) >= 11 is 0. The molecule has 0 unspecified atom stereocenters. The van der Waals surface area contributed by atoms with E-state index in [0.29, 0.717) is 11.3 Å². The molecule has 1 N–H and O–H groups in total. The van der Waals surface area contributed by atoms with Crippen molar-refractivity contribution in [3.63, 3.8) is 0 Å². The number of rotatable bonds is 2. The summed E-state index contributed by atoms with van der Waals surface area (Å²) in [5.74, 6) is -3.29. The van der Waals surface area contributed by atoms with Crippen LogP contribution in [0.15, 0.2) is 71.3 Å². The maximum absolute atomic E-state index is 12.7. The molecule has 0 spiro atoms. The van der Waals surface area contributed by atoms with Crippen molar-refractivity contribution in [3.8, 4) is 0 Å². The topological polar surface area (TPSA) is 61.8 Å². The molecule has 0 radical (unpaired) electrons. The SMILES string of the molecule is O=C1C(=Cc2ccccc2)C(NC(=O)C(F)(F)F)=NN1c1ccccc1. The maximum atomic E-state index is 12.7. The van der Waals surface area contributed by atoms with Crippen LogP contribution in [0.4, 0.5) is 18.9 Å². The molecule has 1 aliphatic rings. The maximum Gasteiger partial charge on any atom is 0.471 e. The molecule has 0 saturated heterocycles. The number of amides is 2. The van der Waals surface area contributed by atoms with Crippen molar-refractivity contribution in [2.75, 3.05) is 5.01 Å². The second kappa shape index (κ2) is 6.83. The molecular formula is C18H12F3N3O2. The Morgan fingerprint density at radius 2 is 1.58 bits per heavy atom. The molecule has 2 amide bonds. The minimum Gasteiger partial charge on any atom is -0.301 e. The largest absolute Gasteiger partial charge is 0.471 e. The van der Waals surface area contributed by atoms with E-state index in [9.17, 15) is 22.8 Å². The van der Waals surface area contributed by atoms with Gasteiger partial charge in [-0.2, -0.15) is 18.2 Å². The Labute approximate surface area is 146 Å². The molecule has 8 heteroatoms. The van der Waals surface area contributed by atoms with E-state index < -0.39 is 23.8 Å². The van der Waals surface area contributed by atoms with Crippen molar-refractivity contribution < 1.29 is 22.8 Å². The van der Waals surface area contributed by atoms with Crippen LogP contribution in [-0.4, -0.2) is 23.8 Å². The molecule has 3 rings (SSSR count). The fourth-order valence-electron chi connectivity index (χ4n) is 2.28. The monoisotopic (exact) mass is 359 g/mol. The van der Waals surface area contributed by atoms with Gasteiger partial charge in [0, 0.05) is 0 Å². The number of hydrogen-bond acceptors (Lipinski definition) is 3. The Kier molecular flexibility index (Phi) is 4.57. The number of nitrogens with zero attached hydrogens (tertiary/aromatic N) is 2. The van der Waals surface area contributed by atoms with Crippen molar-refractivity contribution in [2.45, 2.75) is 6.18 Å². The number of para-hydroxylation sites is 1. The van der Waals surface area contributed by atoms with E-state index in [4.69, 9.17) is 0 Å². The number of alkyl halides is 3. The van der Waals surface area contributed by atoms with Gasteiger partial charge in [0.05, 0.1) is 11.3 Å². The number of carbonyl (C=O) groups excluding carboxylic acids is 2. The molecule has 2 aromatic carbocycles. The zero-order valence-corrected chi connectivity index (χ0v) is 13.2. The third kappa shape index (κ3) is 3.64. The highest BCUT2D eigenvalue weighted by molar-refractivity contribution is 6.34. The van der Waals surface area contributed by atoms with Crippen molar-refractivity contribution in [2.24, 2.45) is 5.10 Å². The standard InChI is InChI=1S/C18H12F3N3O2/c19-18(20,21)17(26)22-15-14(11-12-7-3-1-4-8-12)16(25)24(23-15)13-9-5-2-6-10-13/h1-11H,(H,22,23,26). The Balaban J connectivity index is 2.01. The Morgan fingerprint density at radius 3 is 2.15 bits per heavy atom. The number of amidine groups is 1. The number of carbonyl (C=O) groups is 2. The third-order valence-corrected chi connectivity index (χ3v) is 3.48. The van der Waals surface area contributed by atoms with Gasteiger partial charge in [0.25, 0.3) is 5.91 Å². The van der Waals surface area contributed by atoms with E-state index in [-0.39, 0.29) is 5.57 Å². The van der Waals surface area contributed by atoms with Crippen molar-refractivity contribution in [1.29, 1.82) is 0 Å². The summed E-state index contributed by atoms with van der Waals surface area (Å²) in [5, 5.41) is 6.49. The van der Waals surface area contributed by atoms with Gasteiger partial charge in [-0.05, 0) is 23.8 Å². The first-order valence-electron chi connectivity index (χ1n) is 7.49. The van der Waals surface area contributed by atoms with Crippen molar-refractivity contribution in [1.82, 2.24) is 5.32 Å². The van der Waals surface area contributed by atoms with Gasteiger partial charge in [0.2, 0.25) is 0 Å². The average Bonchev–Trinajstić information content (AvgIpc) is 2.92. The summed E-state index contributed by atoms with van der Waals surface area (Å²) in [5.41, 5.74) is 0.810. The van der Waals surface area contributed by atoms with E-state index in [2.05, 4.69) is 5.10 Å². The minimum atomic E-state index is -5.09. The lowest BCUT2D eigenvalue weighted by Gasteiger charge is -2.10. The van der Waals surface area contributed by atoms with Gasteiger partial charge in [-0.3, -0.25) is 9.59 Å². The lowest BCUT2D eigenvalue weighted by Crippen LogP contribution is -2.41. The molecule has 0 bridgehead atoms. The second-order valence-corrected chi connectivity index (χ2v) is 5.32. The lowest BCUT2D eigenvalue weighted by molar-refractivity contribution is -0.171. The van der Waals surface area contributed by atoms with Crippen LogP contribution in [0, 0.1) is 0 Å². The quantitative estimate of drug-likeness (QED) is 0.838. The number of hydrogen-bond donors (Lipinski definition) is 1. The first-order valence-corrected chi connectivity index (χ1v) is 7.49. The first kappa shape index (κ1) is 17.4. The summed E-state index contributed by atoms with van der Waals surface area (Å²) in [6, 6.07) is 16.7. The zero-order chi connectivity index (χ0) is 18.7. The van der Waals surface area contributed by atoms with Crippen LogP contribution >= 0.6 is 0 Å². The molecule has 1 heterocycles. The first-order chi connectivity index (χ1) is 12.4. The van der Waals surface area contributed by atoms with Crippen molar-refractivity contribution >= 4 is 29.4 Å². The Morgan fingerprint density at radius 1 is 1.00 bits per heavy atom. The van der Waals surface area contributed by atoms with Gasteiger partial charge in [-0.25, -0.2) is 0 Å². The fraction of sp³-hybridized carbons (Fsp3) is 0.0556. The second-order valence-electron chi connectivity index (χ2n) is 5.32. The summed E-state index contributed by atoms with van der Waals surface area (Å²) in [7, 11) is 0. The molecule has 0 aromatic heterocycles.